The molecule has 2 aliphatic rings. The molecule has 3 N–H and O–H groups in total. The highest BCUT2D eigenvalue weighted by molar-refractivity contribution is 5.25. The van der Waals surface area contributed by atoms with Crippen LogP contribution in [-0.2, 0) is 0 Å². The van der Waals surface area contributed by atoms with Crippen molar-refractivity contribution in [3.05, 3.63) is 44.8 Å². The van der Waals surface area contributed by atoms with E-state index in [-0.39, 0.29) is 12.0 Å². The lowest BCUT2D eigenvalue weighted by atomic mass is 9.85. The van der Waals surface area contributed by atoms with Crippen LogP contribution in [0.5, 0.6) is 0 Å². The second-order valence-corrected chi connectivity index (χ2v) is 5.21. The molecular weight excluding hydrogens is 248 g/mol. The summed E-state index contributed by atoms with van der Waals surface area (Å²) in [6, 6.07) is 1.01. The van der Waals surface area contributed by atoms with Gasteiger partial charge >= 0.3 is 5.69 Å². The Balaban J connectivity index is 2.04. The summed E-state index contributed by atoms with van der Waals surface area (Å²) in [5, 5.41) is 20.1. The molecular formula is C13H16N2O4. The zero-order valence-corrected chi connectivity index (χ0v) is 10.3. The van der Waals surface area contributed by atoms with Gasteiger partial charge in [0.05, 0.1) is 18.2 Å². The fourth-order valence-corrected chi connectivity index (χ4v) is 3.25. The molecule has 102 valence electrons. The molecule has 1 saturated carbocycles. The molecule has 3 rings (SSSR count). The largest absolute Gasteiger partial charge is 0.392 e. The van der Waals surface area contributed by atoms with Crippen molar-refractivity contribution >= 4 is 0 Å². The summed E-state index contributed by atoms with van der Waals surface area (Å²) >= 11 is 0. The Labute approximate surface area is 109 Å². The Hall–Kier alpha value is -1.66. The first-order chi connectivity index (χ1) is 9.08. The molecule has 0 radical (unpaired) electrons. The number of allylic oxidation sites excluding steroid dienone is 1. The second kappa shape index (κ2) is 4.47. The van der Waals surface area contributed by atoms with Crippen LogP contribution < -0.4 is 11.2 Å². The smallest absolute Gasteiger partial charge is 0.328 e. The maximum atomic E-state index is 11.8. The van der Waals surface area contributed by atoms with Gasteiger partial charge in [-0.15, -0.1) is 0 Å². The van der Waals surface area contributed by atoms with E-state index in [1.54, 1.807) is 0 Å². The maximum absolute atomic E-state index is 11.8. The standard InChI is InChI=1S/C13H16N2O4/c16-9-3-1-2-7-8(6-10(17)12(7)9)15-5-4-11(18)14-13(15)19/h2,4-5,8-10,12,16-17H,1,3,6H2,(H,14,18,19)/t8-,9+,10-,12+/m0/s1. The highest BCUT2D eigenvalue weighted by atomic mass is 16.3. The topological polar surface area (TPSA) is 95.3 Å². The van der Waals surface area contributed by atoms with Gasteiger partial charge in [0, 0.05) is 18.2 Å². The van der Waals surface area contributed by atoms with Crippen LogP contribution in [0.1, 0.15) is 25.3 Å². The van der Waals surface area contributed by atoms with Gasteiger partial charge in [0.2, 0.25) is 0 Å². The van der Waals surface area contributed by atoms with Gasteiger partial charge in [-0.3, -0.25) is 14.3 Å². The van der Waals surface area contributed by atoms with E-state index in [1.165, 1.54) is 16.8 Å². The van der Waals surface area contributed by atoms with Crippen molar-refractivity contribution in [2.45, 2.75) is 37.5 Å². The second-order valence-electron chi connectivity index (χ2n) is 5.21. The normalized spacial score (nSPS) is 33.9. The molecule has 1 aromatic heterocycles. The quantitative estimate of drug-likeness (QED) is 0.598. The van der Waals surface area contributed by atoms with Gasteiger partial charge < -0.3 is 10.2 Å². The molecule has 0 aliphatic heterocycles. The molecule has 6 nitrogen and oxygen atoms in total. The van der Waals surface area contributed by atoms with E-state index in [0.717, 1.165) is 12.0 Å². The molecule has 1 fully saturated rings. The lowest BCUT2D eigenvalue weighted by molar-refractivity contribution is 0.0373. The zero-order valence-electron chi connectivity index (χ0n) is 10.3. The van der Waals surface area contributed by atoms with Crippen LogP contribution in [0.3, 0.4) is 0 Å². The average Bonchev–Trinajstić information content (AvgIpc) is 2.68. The Morgan fingerprint density at radius 3 is 2.79 bits per heavy atom. The third-order valence-electron chi connectivity index (χ3n) is 4.09. The fourth-order valence-electron chi connectivity index (χ4n) is 3.25. The molecule has 1 heterocycles. The van der Waals surface area contributed by atoms with E-state index in [1.807, 2.05) is 6.08 Å². The van der Waals surface area contributed by atoms with E-state index >= 15 is 0 Å². The summed E-state index contributed by atoms with van der Waals surface area (Å²) in [6.45, 7) is 0. The van der Waals surface area contributed by atoms with Crippen LogP contribution in [0, 0.1) is 5.92 Å². The zero-order chi connectivity index (χ0) is 13.6. The molecule has 19 heavy (non-hydrogen) atoms. The summed E-state index contributed by atoms with van der Waals surface area (Å²) in [6.07, 6.45) is 4.01. The molecule has 0 aromatic carbocycles. The number of fused-ring (bicyclic) bond motifs is 1. The molecule has 4 atom stereocenters. The van der Waals surface area contributed by atoms with Gasteiger partial charge in [0.1, 0.15) is 0 Å². The number of nitrogens with zero attached hydrogens (tertiary/aromatic N) is 1. The van der Waals surface area contributed by atoms with E-state index < -0.39 is 23.5 Å². The summed E-state index contributed by atoms with van der Waals surface area (Å²) in [5.41, 5.74) is -0.0132. The van der Waals surface area contributed by atoms with Crippen LogP contribution in [0.2, 0.25) is 0 Å². The Bertz CT molecular complexity index is 630. The van der Waals surface area contributed by atoms with Gasteiger partial charge in [-0.1, -0.05) is 6.08 Å². The molecule has 0 saturated heterocycles. The number of nitrogens with one attached hydrogen (secondary N) is 1. The van der Waals surface area contributed by atoms with Crippen molar-refractivity contribution in [3.8, 4) is 0 Å². The minimum absolute atomic E-state index is 0.278. The summed E-state index contributed by atoms with van der Waals surface area (Å²) in [4.78, 5) is 25.1. The summed E-state index contributed by atoms with van der Waals surface area (Å²) < 4.78 is 1.43. The lowest BCUT2D eigenvalue weighted by Gasteiger charge is -2.27. The van der Waals surface area contributed by atoms with Crippen LogP contribution in [0.15, 0.2) is 33.5 Å². The van der Waals surface area contributed by atoms with E-state index in [2.05, 4.69) is 4.98 Å². The van der Waals surface area contributed by atoms with Gasteiger partial charge in [-0.25, -0.2) is 4.79 Å². The number of hydrogen-bond acceptors (Lipinski definition) is 4. The van der Waals surface area contributed by atoms with E-state index in [4.69, 9.17) is 0 Å². The van der Waals surface area contributed by atoms with E-state index in [9.17, 15) is 19.8 Å². The SMILES string of the molecule is O=c1ccn([C@H]2C[C@H](O)[C@@H]3C2=CCC[C@H]3O)c(=O)[nH]1. The minimum atomic E-state index is -0.648. The summed E-state index contributed by atoms with van der Waals surface area (Å²) in [5.74, 6) is -0.294. The van der Waals surface area contributed by atoms with Crippen molar-refractivity contribution < 1.29 is 10.2 Å². The number of aliphatic hydroxyl groups is 2. The minimum Gasteiger partial charge on any atom is -0.392 e. The highest BCUT2D eigenvalue weighted by Gasteiger charge is 2.43. The predicted molar refractivity (Wildman–Crippen MR) is 67.8 cm³/mol. The number of aromatic nitrogens is 2. The third-order valence-corrected chi connectivity index (χ3v) is 4.09. The average molecular weight is 264 g/mol. The van der Waals surface area contributed by atoms with Crippen LogP contribution >= 0.6 is 0 Å². The monoisotopic (exact) mass is 264 g/mol. The number of rotatable bonds is 1. The molecule has 0 spiro atoms. The predicted octanol–water partition coefficient (Wildman–Crippen LogP) is -0.460. The van der Waals surface area contributed by atoms with Gasteiger partial charge in [-0.05, 0) is 24.8 Å². The Morgan fingerprint density at radius 1 is 1.26 bits per heavy atom. The van der Waals surface area contributed by atoms with Gasteiger partial charge in [0.15, 0.2) is 0 Å². The molecule has 0 unspecified atom stereocenters. The fraction of sp³-hybridized carbons (Fsp3) is 0.538. The summed E-state index contributed by atoms with van der Waals surface area (Å²) in [7, 11) is 0. The van der Waals surface area contributed by atoms with Crippen molar-refractivity contribution in [1.29, 1.82) is 0 Å². The first-order valence-corrected chi connectivity index (χ1v) is 6.45. The highest BCUT2D eigenvalue weighted by Crippen LogP contribution is 2.44. The molecule has 1 aromatic rings. The van der Waals surface area contributed by atoms with Gasteiger partial charge in [0.25, 0.3) is 5.56 Å². The Kier molecular flexibility index (Phi) is 2.91. The van der Waals surface area contributed by atoms with Crippen molar-refractivity contribution in [2.24, 2.45) is 5.92 Å². The molecule has 0 amide bonds. The van der Waals surface area contributed by atoms with E-state index in [0.29, 0.717) is 12.8 Å². The first-order valence-electron chi connectivity index (χ1n) is 6.45. The van der Waals surface area contributed by atoms with Crippen molar-refractivity contribution in [1.82, 2.24) is 9.55 Å². The van der Waals surface area contributed by atoms with Crippen molar-refractivity contribution in [3.63, 3.8) is 0 Å². The number of H-pyrrole nitrogens is 1. The van der Waals surface area contributed by atoms with Crippen LogP contribution in [0.4, 0.5) is 0 Å². The van der Waals surface area contributed by atoms with Crippen LogP contribution in [-0.4, -0.2) is 32.0 Å². The number of hydrogen-bond donors (Lipinski definition) is 3. The van der Waals surface area contributed by atoms with Crippen molar-refractivity contribution in [2.75, 3.05) is 0 Å². The molecule has 0 bridgehead atoms. The number of aromatic amines is 1. The number of aliphatic hydroxyl groups excluding tert-OH is 2. The van der Waals surface area contributed by atoms with Gasteiger partial charge in [-0.2, -0.15) is 0 Å². The maximum Gasteiger partial charge on any atom is 0.328 e. The third kappa shape index (κ3) is 1.97. The van der Waals surface area contributed by atoms with Crippen LogP contribution in [0.25, 0.3) is 0 Å². The first kappa shape index (κ1) is 12.4. The Morgan fingerprint density at radius 2 is 2.05 bits per heavy atom. The molecule has 6 heteroatoms. The molecule has 2 aliphatic carbocycles. The lowest BCUT2D eigenvalue weighted by Crippen LogP contribution is -2.33.